The van der Waals surface area contributed by atoms with Crippen LogP contribution in [0, 0.1) is 0 Å². The summed E-state index contributed by atoms with van der Waals surface area (Å²) in [6.07, 6.45) is 1.81. The standard InChI is InChI=1S/C11H13BrO3S/c1-16(14,15)8-4-7-11(13)9-5-2-3-6-10(9)12/h2-3,5-6H,4,7-8H2,1H3. The van der Waals surface area contributed by atoms with Gasteiger partial charge >= 0.3 is 0 Å². The van der Waals surface area contributed by atoms with E-state index < -0.39 is 9.84 Å². The highest BCUT2D eigenvalue weighted by Gasteiger charge is 2.10. The number of halogens is 1. The lowest BCUT2D eigenvalue weighted by Gasteiger charge is -2.02. The Balaban J connectivity index is 2.57. The maximum atomic E-state index is 11.7. The molecule has 0 saturated carbocycles. The van der Waals surface area contributed by atoms with Gasteiger partial charge in [0.1, 0.15) is 9.84 Å². The van der Waals surface area contributed by atoms with Crippen LogP contribution in [-0.2, 0) is 9.84 Å². The van der Waals surface area contributed by atoms with Crippen molar-refractivity contribution < 1.29 is 13.2 Å². The summed E-state index contributed by atoms with van der Waals surface area (Å²) in [6.45, 7) is 0. The number of carbonyl (C=O) groups excluding carboxylic acids is 1. The predicted octanol–water partition coefficient (Wildman–Crippen LogP) is 2.46. The van der Waals surface area contributed by atoms with Crippen molar-refractivity contribution >= 4 is 31.6 Å². The van der Waals surface area contributed by atoms with Gasteiger partial charge in [-0.05, 0) is 12.5 Å². The number of rotatable bonds is 5. The minimum Gasteiger partial charge on any atom is -0.294 e. The van der Waals surface area contributed by atoms with Crippen LogP contribution in [-0.4, -0.2) is 26.2 Å². The second kappa shape index (κ2) is 5.59. The molecule has 5 heteroatoms. The van der Waals surface area contributed by atoms with Crippen LogP contribution in [0.2, 0.25) is 0 Å². The Kier molecular flexibility index (Phi) is 4.68. The monoisotopic (exact) mass is 304 g/mol. The van der Waals surface area contributed by atoms with E-state index in [0.717, 1.165) is 4.47 Å². The van der Waals surface area contributed by atoms with Crippen molar-refractivity contribution in [1.82, 2.24) is 0 Å². The zero-order valence-corrected chi connectivity index (χ0v) is 11.3. The maximum Gasteiger partial charge on any atom is 0.164 e. The Labute approximate surface area is 104 Å². The van der Waals surface area contributed by atoms with Crippen LogP contribution in [0.3, 0.4) is 0 Å². The van der Waals surface area contributed by atoms with Crippen molar-refractivity contribution in [2.45, 2.75) is 12.8 Å². The summed E-state index contributed by atoms with van der Waals surface area (Å²) in [6, 6.07) is 7.14. The van der Waals surface area contributed by atoms with Crippen molar-refractivity contribution in [3.63, 3.8) is 0 Å². The van der Waals surface area contributed by atoms with E-state index in [1.165, 1.54) is 6.26 Å². The highest BCUT2D eigenvalue weighted by molar-refractivity contribution is 9.10. The fourth-order valence-corrected chi connectivity index (χ4v) is 2.49. The minimum absolute atomic E-state index is 0.0314. The van der Waals surface area contributed by atoms with Crippen molar-refractivity contribution in [2.75, 3.05) is 12.0 Å². The normalized spacial score (nSPS) is 11.4. The molecule has 0 unspecified atom stereocenters. The van der Waals surface area contributed by atoms with E-state index in [-0.39, 0.29) is 18.0 Å². The lowest BCUT2D eigenvalue weighted by Crippen LogP contribution is -2.07. The molecule has 0 N–H and O–H groups in total. The Hall–Kier alpha value is -0.680. The molecule has 0 fully saturated rings. The molecule has 0 aliphatic heterocycles. The van der Waals surface area contributed by atoms with E-state index in [2.05, 4.69) is 15.9 Å². The maximum absolute atomic E-state index is 11.7. The highest BCUT2D eigenvalue weighted by atomic mass is 79.9. The van der Waals surface area contributed by atoms with Gasteiger partial charge in [-0.25, -0.2) is 8.42 Å². The van der Waals surface area contributed by atoms with Crippen LogP contribution >= 0.6 is 15.9 Å². The summed E-state index contributed by atoms with van der Waals surface area (Å²) >= 11 is 3.29. The number of hydrogen-bond donors (Lipinski definition) is 0. The molecule has 0 bridgehead atoms. The van der Waals surface area contributed by atoms with E-state index in [0.29, 0.717) is 12.0 Å². The third kappa shape index (κ3) is 4.45. The molecule has 1 aromatic rings. The molecule has 0 saturated heterocycles. The fraction of sp³-hybridized carbons (Fsp3) is 0.364. The van der Waals surface area contributed by atoms with Gasteiger partial charge in [0.2, 0.25) is 0 Å². The zero-order chi connectivity index (χ0) is 12.2. The van der Waals surface area contributed by atoms with Gasteiger partial charge in [0.25, 0.3) is 0 Å². The summed E-state index contributed by atoms with van der Waals surface area (Å²) in [5, 5.41) is 0. The number of ketones is 1. The minimum atomic E-state index is -2.98. The van der Waals surface area contributed by atoms with Crippen molar-refractivity contribution in [3.8, 4) is 0 Å². The van der Waals surface area contributed by atoms with Crippen molar-refractivity contribution in [2.24, 2.45) is 0 Å². The summed E-state index contributed by atoms with van der Waals surface area (Å²) in [5.41, 5.74) is 0.607. The molecule has 16 heavy (non-hydrogen) atoms. The summed E-state index contributed by atoms with van der Waals surface area (Å²) in [4.78, 5) is 11.7. The summed E-state index contributed by atoms with van der Waals surface area (Å²) in [7, 11) is -2.98. The summed E-state index contributed by atoms with van der Waals surface area (Å²) < 4.78 is 22.5. The third-order valence-electron chi connectivity index (χ3n) is 2.09. The van der Waals surface area contributed by atoms with Gasteiger partial charge in [0.15, 0.2) is 5.78 Å². The zero-order valence-electron chi connectivity index (χ0n) is 8.94. The Morgan fingerprint density at radius 3 is 2.50 bits per heavy atom. The lowest BCUT2D eigenvalue weighted by atomic mass is 10.1. The Morgan fingerprint density at radius 1 is 1.31 bits per heavy atom. The molecule has 88 valence electrons. The smallest absolute Gasteiger partial charge is 0.164 e. The number of benzene rings is 1. The van der Waals surface area contributed by atoms with Crippen LogP contribution in [0.1, 0.15) is 23.2 Å². The van der Waals surface area contributed by atoms with Crippen LogP contribution in [0.4, 0.5) is 0 Å². The van der Waals surface area contributed by atoms with Crippen LogP contribution in [0.5, 0.6) is 0 Å². The first-order valence-electron chi connectivity index (χ1n) is 4.85. The van der Waals surface area contributed by atoms with Gasteiger partial charge in [-0.1, -0.05) is 34.1 Å². The molecule has 0 radical (unpaired) electrons. The van der Waals surface area contributed by atoms with Crippen LogP contribution in [0.25, 0.3) is 0 Å². The molecule has 0 spiro atoms. The van der Waals surface area contributed by atoms with Gasteiger partial charge in [-0.15, -0.1) is 0 Å². The number of Topliss-reactive ketones (excluding diaryl/α,β-unsaturated/α-hetero) is 1. The third-order valence-corrected chi connectivity index (χ3v) is 3.81. The van der Waals surface area contributed by atoms with Crippen molar-refractivity contribution in [3.05, 3.63) is 34.3 Å². The van der Waals surface area contributed by atoms with Gasteiger partial charge in [-0.3, -0.25) is 4.79 Å². The first kappa shape index (κ1) is 13.4. The van der Waals surface area contributed by atoms with E-state index >= 15 is 0 Å². The Morgan fingerprint density at radius 2 is 1.94 bits per heavy atom. The SMILES string of the molecule is CS(=O)(=O)CCCC(=O)c1ccccc1Br. The predicted molar refractivity (Wildman–Crippen MR) is 67.4 cm³/mol. The van der Waals surface area contributed by atoms with E-state index in [9.17, 15) is 13.2 Å². The van der Waals surface area contributed by atoms with Crippen molar-refractivity contribution in [1.29, 1.82) is 0 Å². The van der Waals surface area contributed by atoms with Gasteiger partial charge in [0.05, 0.1) is 5.75 Å². The molecule has 0 aromatic heterocycles. The number of sulfone groups is 1. The van der Waals surface area contributed by atoms with Gasteiger partial charge in [0, 0.05) is 22.7 Å². The topological polar surface area (TPSA) is 51.2 Å². The molecular weight excluding hydrogens is 292 g/mol. The quantitative estimate of drug-likeness (QED) is 0.785. The molecule has 0 atom stereocenters. The lowest BCUT2D eigenvalue weighted by molar-refractivity contribution is 0.0981. The highest BCUT2D eigenvalue weighted by Crippen LogP contribution is 2.18. The second-order valence-electron chi connectivity index (χ2n) is 3.64. The molecular formula is C11H13BrO3S. The fourth-order valence-electron chi connectivity index (χ4n) is 1.32. The number of carbonyl (C=O) groups is 1. The molecule has 3 nitrogen and oxygen atoms in total. The average molecular weight is 305 g/mol. The Bertz CT molecular complexity index is 480. The van der Waals surface area contributed by atoms with E-state index in [1.807, 2.05) is 6.07 Å². The first-order chi connectivity index (χ1) is 7.40. The van der Waals surface area contributed by atoms with E-state index in [4.69, 9.17) is 0 Å². The van der Waals surface area contributed by atoms with Crippen LogP contribution < -0.4 is 0 Å². The molecule has 1 rings (SSSR count). The second-order valence-corrected chi connectivity index (χ2v) is 6.75. The molecule has 0 aliphatic rings. The van der Waals surface area contributed by atoms with E-state index in [1.54, 1.807) is 18.2 Å². The molecule has 0 heterocycles. The molecule has 0 amide bonds. The largest absolute Gasteiger partial charge is 0.294 e. The summed E-state index contributed by atoms with van der Waals surface area (Å²) in [5.74, 6) is 0.0274. The van der Waals surface area contributed by atoms with Gasteiger partial charge in [-0.2, -0.15) is 0 Å². The average Bonchev–Trinajstić information content (AvgIpc) is 2.16. The van der Waals surface area contributed by atoms with Gasteiger partial charge < -0.3 is 0 Å². The number of hydrogen-bond acceptors (Lipinski definition) is 3. The molecule has 1 aromatic carbocycles. The first-order valence-corrected chi connectivity index (χ1v) is 7.71. The van der Waals surface area contributed by atoms with Crippen LogP contribution in [0.15, 0.2) is 28.7 Å². The molecule has 0 aliphatic carbocycles.